The smallest absolute Gasteiger partial charge is 0.207 e. The van der Waals surface area contributed by atoms with Crippen LogP contribution in [0.4, 0.5) is 0 Å². The monoisotopic (exact) mass is 377 g/mol. The van der Waals surface area contributed by atoms with Gasteiger partial charge in [0.05, 0.1) is 4.90 Å². The van der Waals surface area contributed by atoms with Crippen LogP contribution in [0.15, 0.2) is 11.0 Å². The fourth-order valence-electron chi connectivity index (χ4n) is 5.03. The minimum absolute atomic E-state index is 0.191. The highest BCUT2D eigenvalue weighted by molar-refractivity contribution is 7.89. The average Bonchev–Trinajstić information content (AvgIpc) is 2.62. The van der Waals surface area contributed by atoms with Crippen molar-refractivity contribution >= 4 is 10.0 Å². The van der Waals surface area contributed by atoms with Crippen molar-refractivity contribution < 1.29 is 8.42 Å². The first kappa shape index (κ1) is 19.9. The predicted octanol–water partition coefficient (Wildman–Crippen LogP) is 5.58. The van der Waals surface area contributed by atoms with Crippen LogP contribution in [-0.2, 0) is 10.0 Å². The summed E-state index contributed by atoms with van der Waals surface area (Å²) < 4.78 is 30.0. The summed E-state index contributed by atoms with van der Waals surface area (Å²) in [7, 11) is -3.47. The molecule has 2 aliphatic carbocycles. The van der Waals surface area contributed by atoms with Crippen molar-refractivity contribution in [1.82, 2.24) is 4.31 Å². The van der Waals surface area contributed by atoms with Crippen LogP contribution in [0.2, 0.25) is 0 Å². The van der Waals surface area contributed by atoms with Crippen molar-refractivity contribution in [3.05, 3.63) is 28.3 Å². The first-order valence-electron chi connectivity index (χ1n) is 10.4. The van der Waals surface area contributed by atoms with E-state index in [0.29, 0.717) is 4.90 Å². The van der Waals surface area contributed by atoms with E-state index in [4.69, 9.17) is 0 Å². The standard InChI is InChI=1S/C22H35NO2S/c1-16-15-17(2)19(4)22(18(16)3)26(24,25)23(20-11-7-5-8-12-20)21-13-9-6-10-14-21/h15,20-21H,5-14H2,1-4H3. The molecule has 146 valence electrons. The van der Waals surface area contributed by atoms with Gasteiger partial charge in [-0.2, -0.15) is 4.31 Å². The predicted molar refractivity (Wildman–Crippen MR) is 108 cm³/mol. The Balaban J connectivity index is 2.10. The first-order chi connectivity index (χ1) is 12.3. The van der Waals surface area contributed by atoms with Crippen LogP contribution < -0.4 is 0 Å². The molecule has 0 atom stereocenters. The molecule has 0 saturated heterocycles. The fraction of sp³-hybridized carbons (Fsp3) is 0.727. The Hall–Kier alpha value is -0.870. The van der Waals surface area contributed by atoms with E-state index >= 15 is 0 Å². The maximum Gasteiger partial charge on any atom is 0.244 e. The Bertz CT molecular complexity index is 698. The molecule has 4 heteroatoms. The zero-order valence-corrected chi connectivity index (χ0v) is 17.8. The van der Waals surface area contributed by atoms with Crippen molar-refractivity contribution in [2.45, 2.75) is 109 Å². The van der Waals surface area contributed by atoms with Gasteiger partial charge in [-0.25, -0.2) is 8.42 Å². The maximum atomic E-state index is 14.0. The van der Waals surface area contributed by atoms with Crippen LogP contribution in [-0.4, -0.2) is 24.8 Å². The molecule has 3 nitrogen and oxygen atoms in total. The summed E-state index contributed by atoms with van der Waals surface area (Å²) in [6.07, 6.45) is 11.2. The van der Waals surface area contributed by atoms with Crippen LogP contribution in [0.3, 0.4) is 0 Å². The van der Waals surface area contributed by atoms with Gasteiger partial charge in [0.15, 0.2) is 0 Å². The summed E-state index contributed by atoms with van der Waals surface area (Å²) in [5, 5.41) is 0. The van der Waals surface area contributed by atoms with Gasteiger partial charge in [-0.1, -0.05) is 44.6 Å². The van der Waals surface area contributed by atoms with E-state index in [1.165, 1.54) is 12.8 Å². The molecule has 0 aliphatic heterocycles. The first-order valence-corrected chi connectivity index (χ1v) is 11.9. The van der Waals surface area contributed by atoms with Crippen molar-refractivity contribution in [1.29, 1.82) is 0 Å². The lowest BCUT2D eigenvalue weighted by molar-refractivity contribution is 0.169. The van der Waals surface area contributed by atoms with E-state index in [2.05, 4.69) is 6.07 Å². The molecule has 0 unspecified atom stereocenters. The molecule has 2 aliphatic rings. The van der Waals surface area contributed by atoms with E-state index in [1.807, 2.05) is 32.0 Å². The molecule has 2 fully saturated rings. The third-order valence-electron chi connectivity index (χ3n) is 6.70. The summed E-state index contributed by atoms with van der Waals surface area (Å²) >= 11 is 0. The molecule has 26 heavy (non-hydrogen) atoms. The highest BCUT2D eigenvalue weighted by Crippen LogP contribution is 2.37. The molecule has 0 heterocycles. The van der Waals surface area contributed by atoms with Crippen LogP contribution in [0, 0.1) is 27.7 Å². The van der Waals surface area contributed by atoms with Gasteiger partial charge in [-0.3, -0.25) is 0 Å². The molecule has 0 N–H and O–H groups in total. The number of sulfonamides is 1. The molecule has 0 radical (unpaired) electrons. The third kappa shape index (κ3) is 3.73. The maximum absolute atomic E-state index is 14.0. The number of aryl methyl sites for hydroxylation is 2. The second-order valence-electron chi connectivity index (χ2n) is 8.51. The lowest BCUT2D eigenvalue weighted by Gasteiger charge is -2.41. The minimum atomic E-state index is -3.47. The van der Waals surface area contributed by atoms with Crippen LogP contribution in [0.5, 0.6) is 0 Å². The molecule has 1 aromatic rings. The zero-order chi connectivity index (χ0) is 18.9. The molecule has 1 aromatic carbocycles. The minimum Gasteiger partial charge on any atom is -0.207 e. The quantitative estimate of drug-likeness (QED) is 0.687. The Labute approximate surface area is 160 Å². The lowest BCUT2D eigenvalue weighted by Crippen LogP contribution is -2.49. The van der Waals surface area contributed by atoms with Crippen molar-refractivity contribution in [2.24, 2.45) is 0 Å². The van der Waals surface area contributed by atoms with Gasteiger partial charge in [0, 0.05) is 12.1 Å². The van der Waals surface area contributed by atoms with E-state index < -0.39 is 10.0 Å². The Morgan fingerprint density at radius 1 is 0.731 bits per heavy atom. The number of nitrogens with zero attached hydrogens (tertiary/aromatic N) is 1. The summed E-state index contributed by atoms with van der Waals surface area (Å²) in [6, 6.07) is 2.50. The number of rotatable bonds is 4. The molecule has 3 rings (SSSR count). The third-order valence-corrected chi connectivity index (χ3v) is 8.98. The molecule has 0 aromatic heterocycles. The van der Waals surface area contributed by atoms with E-state index in [9.17, 15) is 8.42 Å². The summed E-state index contributed by atoms with van der Waals surface area (Å²) in [6.45, 7) is 8.03. The average molecular weight is 378 g/mol. The van der Waals surface area contributed by atoms with Gasteiger partial charge in [0.2, 0.25) is 10.0 Å². The summed E-state index contributed by atoms with van der Waals surface area (Å²) in [4.78, 5) is 0.589. The van der Waals surface area contributed by atoms with Gasteiger partial charge in [-0.15, -0.1) is 0 Å². The number of hydrogen-bond donors (Lipinski definition) is 0. The second-order valence-corrected chi connectivity index (χ2v) is 10.3. The van der Waals surface area contributed by atoms with Crippen LogP contribution in [0.25, 0.3) is 0 Å². The largest absolute Gasteiger partial charge is 0.244 e. The molecular weight excluding hydrogens is 342 g/mol. The van der Waals surface area contributed by atoms with Gasteiger partial charge >= 0.3 is 0 Å². The number of benzene rings is 1. The van der Waals surface area contributed by atoms with Gasteiger partial charge in [0.25, 0.3) is 0 Å². The van der Waals surface area contributed by atoms with Gasteiger partial charge in [0.1, 0.15) is 0 Å². The molecular formula is C22H35NO2S. The fourth-order valence-corrected chi connectivity index (χ4v) is 7.55. The van der Waals surface area contributed by atoms with Crippen LogP contribution >= 0.6 is 0 Å². The lowest BCUT2D eigenvalue weighted by atomic mass is 9.91. The zero-order valence-electron chi connectivity index (χ0n) is 17.0. The van der Waals surface area contributed by atoms with Crippen molar-refractivity contribution in [3.63, 3.8) is 0 Å². The van der Waals surface area contributed by atoms with Crippen LogP contribution in [0.1, 0.15) is 86.5 Å². The highest BCUT2D eigenvalue weighted by atomic mass is 32.2. The second kappa shape index (κ2) is 8.02. The Morgan fingerprint density at radius 2 is 1.12 bits per heavy atom. The SMILES string of the molecule is Cc1cc(C)c(C)c(S(=O)(=O)N(C2CCCCC2)C2CCCCC2)c1C. The van der Waals surface area contributed by atoms with Crippen molar-refractivity contribution in [2.75, 3.05) is 0 Å². The van der Waals surface area contributed by atoms with Crippen molar-refractivity contribution in [3.8, 4) is 0 Å². The Morgan fingerprint density at radius 3 is 1.50 bits per heavy atom. The molecule has 2 saturated carbocycles. The molecule has 0 amide bonds. The summed E-state index contributed by atoms with van der Waals surface area (Å²) in [5.74, 6) is 0. The van der Waals surface area contributed by atoms with E-state index in [1.54, 1.807) is 0 Å². The van der Waals surface area contributed by atoms with Gasteiger partial charge in [-0.05, 0) is 75.6 Å². The van der Waals surface area contributed by atoms with E-state index in [0.717, 1.165) is 73.6 Å². The summed E-state index contributed by atoms with van der Waals surface area (Å²) in [5.41, 5.74) is 4.03. The Kier molecular flexibility index (Phi) is 6.13. The highest BCUT2D eigenvalue weighted by Gasteiger charge is 2.39. The number of hydrogen-bond acceptors (Lipinski definition) is 2. The van der Waals surface area contributed by atoms with Gasteiger partial charge < -0.3 is 0 Å². The van der Waals surface area contributed by atoms with E-state index in [-0.39, 0.29) is 12.1 Å². The molecule has 0 bridgehead atoms. The normalized spacial score (nSPS) is 20.7. The topological polar surface area (TPSA) is 37.4 Å². The molecule has 0 spiro atoms.